The molecule has 1 N–H and O–H groups in total. The largest absolute Gasteiger partial charge is 0.479 e. The number of carboxylic acids is 1. The highest BCUT2D eigenvalue weighted by Crippen LogP contribution is 2.39. The number of carboxylic acid groups (broad SMARTS) is 1. The number of aliphatic carboxylic acids is 1. The molecule has 0 bridgehead atoms. The first-order valence-electron chi connectivity index (χ1n) is 6.24. The van der Waals surface area contributed by atoms with Crippen LogP contribution in [0.4, 0.5) is 0 Å². The predicted molar refractivity (Wildman–Crippen MR) is 88.2 cm³/mol. The Morgan fingerprint density at radius 1 is 1.23 bits per heavy atom. The highest BCUT2D eigenvalue weighted by atomic mass is 35.5. The van der Waals surface area contributed by atoms with Crippen molar-refractivity contribution in [3.63, 3.8) is 0 Å². The molecular formula is C15H9Cl2NO3S. The summed E-state index contributed by atoms with van der Waals surface area (Å²) < 4.78 is 6.16. The zero-order valence-electron chi connectivity index (χ0n) is 11.0. The Morgan fingerprint density at radius 2 is 1.91 bits per heavy atom. The molecule has 112 valence electrons. The van der Waals surface area contributed by atoms with E-state index >= 15 is 0 Å². The monoisotopic (exact) mass is 353 g/mol. The molecule has 22 heavy (non-hydrogen) atoms. The quantitative estimate of drug-likeness (QED) is 0.736. The molecule has 2 aromatic carbocycles. The molecule has 3 rings (SSSR count). The lowest BCUT2D eigenvalue weighted by Crippen LogP contribution is -2.09. The molecule has 0 fully saturated rings. The average molecular weight is 354 g/mol. The van der Waals surface area contributed by atoms with Crippen molar-refractivity contribution in [3.8, 4) is 16.3 Å². The minimum Gasteiger partial charge on any atom is -0.479 e. The van der Waals surface area contributed by atoms with E-state index in [1.807, 2.05) is 24.3 Å². The van der Waals surface area contributed by atoms with Crippen molar-refractivity contribution in [2.75, 3.05) is 6.61 Å². The number of nitrogens with zero attached hydrogens (tertiary/aromatic N) is 1. The molecule has 0 saturated heterocycles. The maximum Gasteiger partial charge on any atom is 0.341 e. The molecule has 0 spiro atoms. The number of carbonyl (C=O) groups is 1. The first-order chi connectivity index (χ1) is 10.5. The molecule has 4 nitrogen and oxygen atoms in total. The number of thiazole rings is 1. The summed E-state index contributed by atoms with van der Waals surface area (Å²) in [5, 5.41) is 9.94. The Kier molecular flexibility index (Phi) is 4.20. The summed E-state index contributed by atoms with van der Waals surface area (Å²) in [4.78, 5) is 15.1. The summed E-state index contributed by atoms with van der Waals surface area (Å²) in [5.74, 6) is -0.932. The van der Waals surface area contributed by atoms with Gasteiger partial charge in [0.1, 0.15) is 5.01 Å². The molecule has 0 amide bonds. The lowest BCUT2D eigenvalue weighted by atomic mass is 10.2. The number of aromatic nitrogens is 1. The number of ether oxygens (including phenoxy) is 1. The Bertz CT molecular complexity index is 807. The van der Waals surface area contributed by atoms with Crippen LogP contribution in [0, 0.1) is 0 Å². The van der Waals surface area contributed by atoms with E-state index in [1.54, 1.807) is 12.1 Å². The Balaban J connectivity index is 1.99. The Labute approximate surface area is 139 Å². The van der Waals surface area contributed by atoms with Crippen molar-refractivity contribution < 1.29 is 14.6 Å². The van der Waals surface area contributed by atoms with Gasteiger partial charge < -0.3 is 9.84 Å². The van der Waals surface area contributed by atoms with Crippen LogP contribution >= 0.6 is 34.5 Å². The van der Waals surface area contributed by atoms with Gasteiger partial charge in [-0.1, -0.05) is 35.3 Å². The van der Waals surface area contributed by atoms with E-state index in [0.29, 0.717) is 0 Å². The van der Waals surface area contributed by atoms with Gasteiger partial charge >= 0.3 is 5.97 Å². The van der Waals surface area contributed by atoms with E-state index < -0.39 is 12.6 Å². The topological polar surface area (TPSA) is 59.4 Å². The third-order valence-electron chi connectivity index (χ3n) is 2.88. The molecule has 0 aliphatic rings. The van der Waals surface area contributed by atoms with Crippen LogP contribution in [0.2, 0.25) is 10.0 Å². The van der Waals surface area contributed by atoms with E-state index in [0.717, 1.165) is 20.8 Å². The van der Waals surface area contributed by atoms with Crippen molar-refractivity contribution in [2.24, 2.45) is 0 Å². The highest BCUT2D eigenvalue weighted by Gasteiger charge is 2.14. The number of hydrogen-bond acceptors (Lipinski definition) is 4. The van der Waals surface area contributed by atoms with Crippen LogP contribution in [0.1, 0.15) is 0 Å². The van der Waals surface area contributed by atoms with Crippen molar-refractivity contribution in [1.82, 2.24) is 4.98 Å². The van der Waals surface area contributed by atoms with E-state index in [4.69, 9.17) is 33.0 Å². The van der Waals surface area contributed by atoms with Gasteiger partial charge in [0.05, 0.1) is 20.3 Å². The molecule has 0 atom stereocenters. The summed E-state index contributed by atoms with van der Waals surface area (Å²) in [7, 11) is 0. The van der Waals surface area contributed by atoms with Gasteiger partial charge in [-0.3, -0.25) is 0 Å². The zero-order valence-corrected chi connectivity index (χ0v) is 13.4. The van der Waals surface area contributed by atoms with Crippen LogP contribution in [-0.2, 0) is 4.79 Å². The van der Waals surface area contributed by atoms with Gasteiger partial charge in [-0.05, 0) is 24.3 Å². The van der Waals surface area contributed by atoms with Gasteiger partial charge in [-0.2, -0.15) is 0 Å². The van der Waals surface area contributed by atoms with Gasteiger partial charge in [0.2, 0.25) is 0 Å². The fraction of sp³-hybridized carbons (Fsp3) is 0.0667. The second-order valence-corrected chi connectivity index (χ2v) is 6.28. The summed E-state index contributed by atoms with van der Waals surface area (Å²) in [6, 6.07) is 11.1. The minimum absolute atomic E-state index is 0.163. The second-order valence-electron chi connectivity index (χ2n) is 4.44. The number of halogens is 2. The minimum atomic E-state index is -1.10. The van der Waals surface area contributed by atoms with E-state index in [1.165, 1.54) is 11.3 Å². The smallest absolute Gasteiger partial charge is 0.341 e. The summed E-state index contributed by atoms with van der Waals surface area (Å²) in [6.07, 6.45) is 0. The van der Waals surface area contributed by atoms with Crippen LogP contribution < -0.4 is 4.74 Å². The van der Waals surface area contributed by atoms with Gasteiger partial charge in [0.15, 0.2) is 12.4 Å². The molecule has 3 aromatic rings. The van der Waals surface area contributed by atoms with Crippen LogP contribution in [0.5, 0.6) is 5.75 Å². The molecule has 7 heteroatoms. The van der Waals surface area contributed by atoms with Crippen LogP contribution in [0.25, 0.3) is 20.8 Å². The zero-order chi connectivity index (χ0) is 15.7. The number of para-hydroxylation sites is 1. The van der Waals surface area contributed by atoms with Crippen LogP contribution in [0.3, 0.4) is 0 Å². The van der Waals surface area contributed by atoms with E-state index in [2.05, 4.69) is 4.98 Å². The first-order valence-corrected chi connectivity index (χ1v) is 7.81. The van der Waals surface area contributed by atoms with Gasteiger partial charge in [-0.15, -0.1) is 11.3 Å². The van der Waals surface area contributed by atoms with E-state index in [9.17, 15) is 4.79 Å². The summed E-state index contributed by atoms with van der Waals surface area (Å²) in [5.41, 5.74) is 1.67. The number of fused-ring (bicyclic) bond motifs is 1. The summed E-state index contributed by atoms with van der Waals surface area (Å²) in [6.45, 7) is -0.500. The van der Waals surface area contributed by atoms with Gasteiger partial charge in [-0.25, -0.2) is 9.78 Å². The maximum absolute atomic E-state index is 10.6. The standard InChI is InChI=1S/C15H9Cl2NO3S/c16-9-5-8(6-10(17)14(9)21-7-13(19)20)15-18-11-3-1-2-4-12(11)22-15/h1-6H,7H2,(H,19,20). The average Bonchev–Trinajstić information content (AvgIpc) is 2.89. The molecular weight excluding hydrogens is 345 g/mol. The number of hydrogen-bond donors (Lipinski definition) is 1. The summed E-state index contributed by atoms with van der Waals surface area (Å²) >= 11 is 13.8. The van der Waals surface area contributed by atoms with Crippen LogP contribution in [0.15, 0.2) is 36.4 Å². The highest BCUT2D eigenvalue weighted by molar-refractivity contribution is 7.21. The predicted octanol–water partition coefficient (Wildman–Crippen LogP) is 4.73. The van der Waals surface area contributed by atoms with Crippen molar-refractivity contribution >= 4 is 50.7 Å². The fourth-order valence-electron chi connectivity index (χ4n) is 1.95. The van der Waals surface area contributed by atoms with Gasteiger partial charge in [0, 0.05) is 5.56 Å². The lowest BCUT2D eigenvalue weighted by molar-refractivity contribution is -0.139. The third kappa shape index (κ3) is 3.02. The first kappa shape index (κ1) is 15.1. The van der Waals surface area contributed by atoms with Gasteiger partial charge in [0.25, 0.3) is 0 Å². The second kappa shape index (κ2) is 6.12. The van der Waals surface area contributed by atoms with E-state index in [-0.39, 0.29) is 15.8 Å². The molecule has 1 aromatic heterocycles. The lowest BCUT2D eigenvalue weighted by Gasteiger charge is -2.09. The Hall–Kier alpha value is -1.82. The molecule has 0 unspecified atom stereocenters. The SMILES string of the molecule is O=C(O)COc1c(Cl)cc(-c2nc3ccccc3s2)cc1Cl. The van der Waals surface area contributed by atoms with Crippen LogP contribution in [-0.4, -0.2) is 22.7 Å². The molecule has 0 aliphatic heterocycles. The molecule has 1 heterocycles. The Morgan fingerprint density at radius 3 is 2.55 bits per heavy atom. The third-order valence-corrected chi connectivity index (χ3v) is 4.53. The number of rotatable bonds is 4. The van der Waals surface area contributed by atoms with Crippen molar-refractivity contribution in [1.29, 1.82) is 0 Å². The normalized spacial score (nSPS) is 10.8. The maximum atomic E-state index is 10.6. The molecule has 0 aliphatic carbocycles. The number of benzene rings is 2. The fourth-order valence-corrected chi connectivity index (χ4v) is 3.50. The molecule has 0 saturated carbocycles. The van der Waals surface area contributed by atoms with Crippen molar-refractivity contribution in [2.45, 2.75) is 0 Å². The molecule has 0 radical (unpaired) electrons. The van der Waals surface area contributed by atoms with Crippen molar-refractivity contribution in [3.05, 3.63) is 46.4 Å².